The zero-order valence-electron chi connectivity index (χ0n) is 13.4. The number of amides is 1. The average Bonchev–Trinajstić information content (AvgIpc) is 2.49. The number of ether oxygens (including phenoxy) is 2. The number of pyridine rings is 1. The van der Waals surface area contributed by atoms with Gasteiger partial charge in [0, 0.05) is 12.1 Å². The summed E-state index contributed by atoms with van der Waals surface area (Å²) in [4.78, 5) is 15.7. The first-order valence-electron chi connectivity index (χ1n) is 7.41. The molecule has 2 aromatic rings. The van der Waals surface area contributed by atoms with Crippen molar-refractivity contribution in [3.05, 3.63) is 42.6 Å². The minimum Gasteiger partial charge on any atom is -0.491 e. The minimum absolute atomic E-state index is 0.0937. The number of carbonyl (C=O) groups excluding carboxylic acids is 1. The molecule has 1 unspecified atom stereocenters. The summed E-state index contributed by atoms with van der Waals surface area (Å²) < 4.78 is 11.3. The monoisotopic (exact) mass is 315 g/mol. The summed E-state index contributed by atoms with van der Waals surface area (Å²) in [6.07, 6.45) is 1.61. The summed E-state index contributed by atoms with van der Waals surface area (Å²) >= 11 is 0. The van der Waals surface area contributed by atoms with Crippen molar-refractivity contribution in [2.45, 2.75) is 32.9 Å². The van der Waals surface area contributed by atoms with Crippen molar-refractivity contribution < 1.29 is 14.3 Å². The van der Waals surface area contributed by atoms with Crippen LogP contribution in [-0.2, 0) is 4.79 Å². The highest BCUT2D eigenvalue weighted by molar-refractivity contribution is 5.94. The molecule has 0 aliphatic heterocycles. The highest BCUT2D eigenvalue weighted by Gasteiger charge is 2.08. The van der Waals surface area contributed by atoms with E-state index in [2.05, 4.69) is 10.3 Å². The molecule has 0 spiro atoms. The van der Waals surface area contributed by atoms with E-state index in [0.717, 1.165) is 5.75 Å². The van der Waals surface area contributed by atoms with Gasteiger partial charge in [-0.25, -0.2) is 4.98 Å². The molecule has 6 nitrogen and oxygen atoms in total. The van der Waals surface area contributed by atoms with Crippen LogP contribution < -0.4 is 20.5 Å². The third-order valence-electron chi connectivity index (χ3n) is 2.82. The van der Waals surface area contributed by atoms with Crippen molar-refractivity contribution in [1.82, 2.24) is 4.98 Å². The molecule has 6 heteroatoms. The van der Waals surface area contributed by atoms with E-state index in [0.29, 0.717) is 17.3 Å². The van der Waals surface area contributed by atoms with Gasteiger partial charge in [0.15, 0.2) is 0 Å². The second kappa shape index (κ2) is 7.60. The van der Waals surface area contributed by atoms with E-state index in [-0.39, 0.29) is 12.0 Å². The van der Waals surface area contributed by atoms with Gasteiger partial charge in [0.2, 0.25) is 11.8 Å². The molecule has 1 amide bonds. The van der Waals surface area contributed by atoms with Gasteiger partial charge in [-0.15, -0.1) is 0 Å². The highest BCUT2D eigenvalue weighted by Crippen LogP contribution is 2.25. The molecule has 1 aromatic heterocycles. The highest BCUT2D eigenvalue weighted by atomic mass is 16.5. The van der Waals surface area contributed by atoms with Crippen LogP contribution in [0.5, 0.6) is 17.4 Å². The second-order valence-corrected chi connectivity index (χ2v) is 5.41. The Balaban J connectivity index is 2.02. The van der Waals surface area contributed by atoms with E-state index < -0.39 is 6.04 Å². The molecule has 0 bridgehead atoms. The maximum atomic E-state index is 11.5. The number of aromatic nitrogens is 1. The van der Waals surface area contributed by atoms with Crippen molar-refractivity contribution in [2.24, 2.45) is 5.73 Å². The second-order valence-electron chi connectivity index (χ2n) is 5.41. The molecule has 2 rings (SSSR count). The number of nitrogens with one attached hydrogen (secondary N) is 1. The Hall–Kier alpha value is -2.60. The predicted octanol–water partition coefficient (Wildman–Crippen LogP) is 2.95. The summed E-state index contributed by atoms with van der Waals surface area (Å²) in [5.41, 5.74) is 6.06. The normalized spacial score (nSPS) is 11.9. The first-order chi connectivity index (χ1) is 10.9. The number of rotatable bonds is 6. The number of hydrogen-bond acceptors (Lipinski definition) is 5. The van der Waals surface area contributed by atoms with Crippen LogP contribution in [0, 0.1) is 0 Å². The van der Waals surface area contributed by atoms with Crippen LogP contribution in [0.2, 0.25) is 0 Å². The Labute approximate surface area is 135 Å². The van der Waals surface area contributed by atoms with Gasteiger partial charge in [-0.3, -0.25) is 4.79 Å². The zero-order valence-corrected chi connectivity index (χ0v) is 13.4. The van der Waals surface area contributed by atoms with Crippen LogP contribution in [0.25, 0.3) is 0 Å². The third kappa shape index (κ3) is 5.27. The SMILES string of the molecule is CC(C)Oc1cccc(Oc2ccc(NC(=O)C(C)N)cn2)c1. The number of hydrogen-bond donors (Lipinski definition) is 2. The lowest BCUT2D eigenvalue weighted by molar-refractivity contribution is -0.117. The maximum Gasteiger partial charge on any atom is 0.241 e. The number of nitrogens with two attached hydrogens (primary N) is 1. The van der Waals surface area contributed by atoms with Crippen molar-refractivity contribution >= 4 is 11.6 Å². The Kier molecular flexibility index (Phi) is 5.54. The molecule has 0 aliphatic carbocycles. The fourth-order valence-corrected chi connectivity index (χ4v) is 1.77. The summed E-state index contributed by atoms with van der Waals surface area (Å²) in [5, 5.41) is 2.66. The van der Waals surface area contributed by atoms with E-state index in [1.807, 2.05) is 32.0 Å². The van der Waals surface area contributed by atoms with Crippen LogP contribution in [0.1, 0.15) is 20.8 Å². The molecule has 0 radical (unpaired) electrons. The van der Waals surface area contributed by atoms with Crippen LogP contribution in [0.4, 0.5) is 5.69 Å². The van der Waals surface area contributed by atoms with E-state index >= 15 is 0 Å². The van der Waals surface area contributed by atoms with Gasteiger partial charge in [0.1, 0.15) is 11.5 Å². The average molecular weight is 315 g/mol. The lowest BCUT2D eigenvalue weighted by atomic mass is 10.3. The van der Waals surface area contributed by atoms with Gasteiger partial charge in [0.05, 0.1) is 24.0 Å². The van der Waals surface area contributed by atoms with Gasteiger partial charge in [-0.05, 0) is 39.0 Å². The number of nitrogens with zero attached hydrogens (tertiary/aromatic N) is 1. The first kappa shape index (κ1) is 16.8. The molecule has 122 valence electrons. The number of carbonyl (C=O) groups is 1. The third-order valence-corrected chi connectivity index (χ3v) is 2.82. The van der Waals surface area contributed by atoms with E-state index in [1.165, 1.54) is 6.20 Å². The van der Waals surface area contributed by atoms with Crippen LogP contribution in [0.3, 0.4) is 0 Å². The van der Waals surface area contributed by atoms with Gasteiger partial charge < -0.3 is 20.5 Å². The van der Waals surface area contributed by atoms with Crippen LogP contribution in [-0.4, -0.2) is 23.0 Å². The summed E-state index contributed by atoms with van der Waals surface area (Å²) in [6.45, 7) is 5.54. The molecular weight excluding hydrogens is 294 g/mol. The molecular formula is C17H21N3O3. The van der Waals surface area contributed by atoms with Crippen LogP contribution >= 0.6 is 0 Å². The van der Waals surface area contributed by atoms with Gasteiger partial charge in [-0.2, -0.15) is 0 Å². The standard InChI is InChI=1S/C17H21N3O3/c1-11(2)22-14-5-4-6-15(9-14)23-16-8-7-13(10-19-16)20-17(21)12(3)18/h4-12H,18H2,1-3H3,(H,20,21). The molecule has 3 N–H and O–H groups in total. The lowest BCUT2D eigenvalue weighted by Gasteiger charge is -2.11. The number of benzene rings is 1. The smallest absolute Gasteiger partial charge is 0.241 e. The van der Waals surface area contributed by atoms with Crippen molar-refractivity contribution in [3.8, 4) is 17.4 Å². The van der Waals surface area contributed by atoms with Crippen molar-refractivity contribution in [3.63, 3.8) is 0 Å². The van der Waals surface area contributed by atoms with Crippen molar-refractivity contribution in [1.29, 1.82) is 0 Å². The summed E-state index contributed by atoms with van der Waals surface area (Å²) in [5.74, 6) is 1.52. The molecule has 23 heavy (non-hydrogen) atoms. The predicted molar refractivity (Wildman–Crippen MR) is 88.8 cm³/mol. The Morgan fingerprint density at radius 1 is 1.17 bits per heavy atom. The fraction of sp³-hybridized carbons (Fsp3) is 0.294. The quantitative estimate of drug-likeness (QED) is 0.856. The molecule has 0 saturated heterocycles. The molecule has 0 saturated carbocycles. The molecule has 0 aliphatic rings. The zero-order chi connectivity index (χ0) is 16.8. The molecule has 1 atom stereocenters. The van der Waals surface area contributed by atoms with Gasteiger partial charge in [0.25, 0.3) is 0 Å². The van der Waals surface area contributed by atoms with Crippen LogP contribution in [0.15, 0.2) is 42.6 Å². The van der Waals surface area contributed by atoms with Gasteiger partial charge >= 0.3 is 0 Å². The Morgan fingerprint density at radius 3 is 2.52 bits per heavy atom. The first-order valence-corrected chi connectivity index (χ1v) is 7.41. The maximum absolute atomic E-state index is 11.5. The topological polar surface area (TPSA) is 86.5 Å². The van der Waals surface area contributed by atoms with E-state index in [1.54, 1.807) is 25.1 Å². The van der Waals surface area contributed by atoms with Gasteiger partial charge in [-0.1, -0.05) is 6.07 Å². The Bertz CT molecular complexity index is 654. The molecule has 0 fully saturated rings. The fourth-order valence-electron chi connectivity index (χ4n) is 1.77. The number of anilines is 1. The Morgan fingerprint density at radius 2 is 1.91 bits per heavy atom. The minimum atomic E-state index is -0.574. The summed E-state index contributed by atoms with van der Waals surface area (Å²) in [7, 11) is 0. The molecule has 1 heterocycles. The van der Waals surface area contributed by atoms with E-state index in [9.17, 15) is 4.79 Å². The lowest BCUT2D eigenvalue weighted by Crippen LogP contribution is -2.32. The summed E-state index contributed by atoms with van der Waals surface area (Å²) in [6, 6.07) is 10.1. The molecule has 1 aromatic carbocycles. The van der Waals surface area contributed by atoms with Crippen molar-refractivity contribution in [2.75, 3.05) is 5.32 Å². The largest absolute Gasteiger partial charge is 0.491 e. The van der Waals surface area contributed by atoms with E-state index in [4.69, 9.17) is 15.2 Å².